The molecule has 0 aliphatic carbocycles. The lowest BCUT2D eigenvalue weighted by Gasteiger charge is -2.34. The van der Waals surface area contributed by atoms with E-state index in [1.165, 1.54) is 0 Å². The van der Waals surface area contributed by atoms with Crippen LogP contribution in [0.3, 0.4) is 0 Å². The summed E-state index contributed by atoms with van der Waals surface area (Å²) in [6, 6.07) is 12.3. The molecule has 0 saturated carbocycles. The molecule has 0 spiro atoms. The van der Waals surface area contributed by atoms with Gasteiger partial charge in [-0.15, -0.1) is 0 Å². The average Bonchev–Trinajstić information content (AvgIpc) is 2.81. The van der Waals surface area contributed by atoms with Crippen LogP contribution in [0.15, 0.2) is 47.6 Å². The number of hydrogen-bond donors (Lipinski definition) is 2. The van der Waals surface area contributed by atoms with Crippen molar-refractivity contribution in [3.8, 4) is 5.75 Å². The van der Waals surface area contributed by atoms with E-state index in [1.807, 2.05) is 24.4 Å². The molecule has 3 rings (SSSR count). The summed E-state index contributed by atoms with van der Waals surface area (Å²) in [5.41, 5.74) is 2.25. The fourth-order valence-electron chi connectivity index (χ4n) is 3.47. The molecule has 1 aliphatic heterocycles. The standard InChI is InChI=1S/C23H34N6O/c1-4-24-23(26-16-19-7-6-8-21(15-19)30-3)27-18-20-9-10-22(25-17-20)29-13-11-28(5-2)12-14-29/h6-10,15,17H,4-5,11-14,16,18H2,1-3H3,(H2,24,26,27). The molecule has 1 aliphatic rings. The third-order valence-corrected chi connectivity index (χ3v) is 5.31. The Kier molecular flexibility index (Phi) is 8.32. The summed E-state index contributed by atoms with van der Waals surface area (Å²) < 4.78 is 5.29. The average molecular weight is 411 g/mol. The minimum absolute atomic E-state index is 0.588. The molecule has 2 N–H and O–H groups in total. The molecule has 1 aromatic heterocycles. The number of methoxy groups -OCH3 is 1. The number of ether oxygens (including phenoxy) is 1. The molecule has 2 heterocycles. The smallest absolute Gasteiger partial charge is 0.191 e. The third-order valence-electron chi connectivity index (χ3n) is 5.31. The van der Waals surface area contributed by atoms with Crippen molar-refractivity contribution in [1.29, 1.82) is 0 Å². The molecule has 0 bridgehead atoms. The van der Waals surface area contributed by atoms with Crippen LogP contribution in [0.4, 0.5) is 5.82 Å². The van der Waals surface area contributed by atoms with Gasteiger partial charge in [0.1, 0.15) is 11.6 Å². The predicted molar refractivity (Wildman–Crippen MR) is 123 cm³/mol. The predicted octanol–water partition coefficient (Wildman–Crippen LogP) is 2.49. The normalized spacial score (nSPS) is 15.2. The highest BCUT2D eigenvalue weighted by Crippen LogP contribution is 2.15. The first-order valence-electron chi connectivity index (χ1n) is 10.8. The Morgan fingerprint density at radius 2 is 1.90 bits per heavy atom. The van der Waals surface area contributed by atoms with Crippen LogP contribution in [0.5, 0.6) is 5.75 Å². The van der Waals surface area contributed by atoms with Gasteiger partial charge in [-0.1, -0.05) is 25.1 Å². The van der Waals surface area contributed by atoms with Crippen LogP contribution in [-0.4, -0.2) is 62.2 Å². The van der Waals surface area contributed by atoms with Crippen LogP contribution >= 0.6 is 0 Å². The number of nitrogens with one attached hydrogen (secondary N) is 2. The van der Waals surface area contributed by atoms with Crippen LogP contribution in [0.2, 0.25) is 0 Å². The number of anilines is 1. The number of pyridine rings is 1. The van der Waals surface area contributed by atoms with Crippen LogP contribution < -0.4 is 20.3 Å². The van der Waals surface area contributed by atoms with Gasteiger partial charge in [-0.25, -0.2) is 9.98 Å². The van der Waals surface area contributed by atoms with E-state index in [-0.39, 0.29) is 0 Å². The Morgan fingerprint density at radius 3 is 2.57 bits per heavy atom. The summed E-state index contributed by atoms with van der Waals surface area (Å²) in [6.07, 6.45) is 1.94. The summed E-state index contributed by atoms with van der Waals surface area (Å²) in [7, 11) is 1.68. The van der Waals surface area contributed by atoms with Gasteiger partial charge in [-0.2, -0.15) is 0 Å². The first-order valence-corrected chi connectivity index (χ1v) is 10.8. The topological polar surface area (TPSA) is 65.0 Å². The number of nitrogens with zero attached hydrogens (tertiary/aromatic N) is 4. The molecule has 30 heavy (non-hydrogen) atoms. The number of benzene rings is 1. The van der Waals surface area contributed by atoms with Gasteiger partial charge in [-0.05, 0) is 42.8 Å². The van der Waals surface area contributed by atoms with E-state index in [2.05, 4.69) is 57.5 Å². The van der Waals surface area contributed by atoms with E-state index >= 15 is 0 Å². The maximum Gasteiger partial charge on any atom is 0.191 e. The summed E-state index contributed by atoms with van der Waals surface area (Å²) in [5.74, 6) is 2.71. The Labute approximate surface area is 180 Å². The van der Waals surface area contributed by atoms with E-state index < -0.39 is 0 Å². The van der Waals surface area contributed by atoms with Crippen LogP contribution in [0.1, 0.15) is 25.0 Å². The van der Waals surface area contributed by atoms with Crippen molar-refractivity contribution in [3.05, 3.63) is 53.7 Å². The summed E-state index contributed by atoms with van der Waals surface area (Å²) in [6.45, 7) is 11.8. The zero-order valence-corrected chi connectivity index (χ0v) is 18.4. The van der Waals surface area contributed by atoms with Gasteiger partial charge in [-0.3, -0.25) is 0 Å². The lowest BCUT2D eigenvalue weighted by atomic mass is 10.2. The molecule has 2 aromatic rings. The van der Waals surface area contributed by atoms with Crippen molar-refractivity contribution in [1.82, 2.24) is 20.5 Å². The minimum Gasteiger partial charge on any atom is -0.497 e. The highest BCUT2D eigenvalue weighted by molar-refractivity contribution is 5.79. The minimum atomic E-state index is 0.588. The number of guanidine groups is 1. The Morgan fingerprint density at radius 1 is 1.07 bits per heavy atom. The highest BCUT2D eigenvalue weighted by Gasteiger charge is 2.16. The number of piperazine rings is 1. The Bertz CT molecular complexity index is 800. The largest absolute Gasteiger partial charge is 0.497 e. The fraction of sp³-hybridized carbons (Fsp3) is 0.478. The lowest BCUT2D eigenvalue weighted by molar-refractivity contribution is 0.270. The van der Waals surface area contributed by atoms with Crippen molar-refractivity contribution in [2.75, 3.05) is 51.3 Å². The monoisotopic (exact) mass is 410 g/mol. The molecule has 1 saturated heterocycles. The van der Waals surface area contributed by atoms with Gasteiger partial charge in [0, 0.05) is 45.5 Å². The van der Waals surface area contributed by atoms with Crippen LogP contribution in [0.25, 0.3) is 0 Å². The molecule has 0 amide bonds. The van der Waals surface area contributed by atoms with E-state index in [0.717, 1.165) is 67.9 Å². The summed E-state index contributed by atoms with van der Waals surface area (Å²) in [4.78, 5) is 14.2. The molecule has 7 heteroatoms. The molecule has 162 valence electrons. The zero-order chi connectivity index (χ0) is 21.2. The van der Waals surface area contributed by atoms with Crippen molar-refractivity contribution in [2.45, 2.75) is 26.9 Å². The second-order valence-corrected chi connectivity index (χ2v) is 7.35. The molecule has 0 radical (unpaired) electrons. The second kappa shape index (κ2) is 11.4. The fourth-order valence-corrected chi connectivity index (χ4v) is 3.47. The number of aromatic nitrogens is 1. The van der Waals surface area contributed by atoms with Crippen molar-refractivity contribution in [2.24, 2.45) is 4.99 Å². The Balaban J connectivity index is 1.55. The molecule has 0 atom stereocenters. The van der Waals surface area contributed by atoms with E-state index in [0.29, 0.717) is 13.1 Å². The van der Waals surface area contributed by atoms with Gasteiger partial charge in [0.25, 0.3) is 0 Å². The van der Waals surface area contributed by atoms with Gasteiger partial charge in [0.15, 0.2) is 5.96 Å². The lowest BCUT2D eigenvalue weighted by Crippen LogP contribution is -2.46. The maximum atomic E-state index is 5.29. The number of aliphatic imine (C=N–C) groups is 1. The first kappa shape index (κ1) is 21.9. The van der Waals surface area contributed by atoms with Gasteiger partial charge in [0.2, 0.25) is 0 Å². The van der Waals surface area contributed by atoms with Gasteiger partial charge < -0.3 is 25.2 Å². The maximum absolute atomic E-state index is 5.29. The first-order chi connectivity index (χ1) is 14.7. The summed E-state index contributed by atoms with van der Waals surface area (Å²) in [5, 5.41) is 6.68. The SMILES string of the molecule is CCNC(=NCc1ccc(N2CCN(CC)CC2)nc1)NCc1cccc(OC)c1. The van der Waals surface area contributed by atoms with E-state index in [4.69, 9.17) is 9.73 Å². The van der Waals surface area contributed by atoms with E-state index in [1.54, 1.807) is 7.11 Å². The third kappa shape index (κ3) is 6.35. The molecular weight excluding hydrogens is 376 g/mol. The molecule has 1 aromatic carbocycles. The molecule has 7 nitrogen and oxygen atoms in total. The zero-order valence-electron chi connectivity index (χ0n) is 18.4. The Hall–Kier alpha value is -2.80. The van der Waals surface area contributed by atoms with Crippen LogP contribution in [-0.2, 0) is 13.1 Å². The van der Waals surface area contributed by atoms with Gasteiger partial charge in [0.05, 0.1) is 13.7 Å². The molecular formula is C23H34N6O. The molecule has 1 fully saturated rings. The van der Waals surface area contributed by atoms with Crippen molar-refractivity contribution >= 4 is 11.8 Å². The van der Waals surface area contributed by atoms with Crippen molar-refractivity contribution < 1.29 is 4.74 Å². The highest BCUT2D eigenvalue weighted by atomic mass is 16.5. The molecule has 0 unspecified atom stereocenters. The van der Waals surface area contributed by atoms with Gasteiger partial charge >= 0.3 is 0 Å². The number of hydrogen-bond acceptors (Lipinski definition) is 5. The van der Waals surface area contributed by atoms with E-state index in [9.17, 15) is 0 Å². The number of likely N-dealkylation sites (N-methyl/N-ethyl adjacent to an activating group) is 1. The second-order valence-electron chi connectivity index (χ2n) is 7.35. The van der Waals surface area contributed by atoms with Crippen molar-refractivity contribution in [3.63, 3.8) is 0 Å². The summed E-state index contributed by atoms with van der Waals surface area (Å²) >= 11 is 0. The quantitative estimate of drug-likeness (QED) is 0.515. The number of rotatable bonds is 8. The van der Waals surface area contributed by atoms with Crippen LogP contribution in [0, 0.1) is 0 Å².